The number of hydrogen-bond donors (Lipinski definition) is 1. The minimum Gasteiger partial charge on any atom is -0.306 e. The van der Waals surface area contributed by atoms with E-state index in [9.17, 15) is 0 Å². The summed E-state index contributed by atoms with van der Waals surface area (Å²) in [5, 5.41) is 11.8. The molecule has 0 bridgehead atoms. The summed E-state index contributed by atoms with van der Waals surface area (Å²) in [7, 11) is 0. The molecule has 0 atom stereocenters. The van der Waals surface area contributed by atoms with Crippen LogP contribution in [0.1, 0.15) is 47.2 Å². The molecule has 0 unspecified atom stereocenters. The highest BCUT2D eigenvalue weighted by Crippen LogP contribution is 2.02. The van der Waals surface area contributed by atoms with Crippen molar-refractivity contribution in [2.45, 2.75) is 60.2 Å². The maximum atomic E-state index is 4.22. The first kappa shape index (κ1) is 17.1. The number of hydrogen-bond acceptors (Lipinski definition) is 4. The first-order valence-electron chi connectivity index (χ1n) is 7.66. The molecule has 1 rings (SSSR count). The van der Waals surface area contributed by atoms with E-state index in [1.807, 2.05) is 10.9 Å². The van der Waals surface area contributed by atoms with Crippen molar-refractivity contribution < 1.29 is 0 Å². The van der Waals surface area contributed by atoms with Crippen molar-refractivity contribution in [3.05, 3.63) is 11.9 Å². The molecule has 0 radical (unpaired) electrons. The third-order valence-electron chi connectivity index (χ3n) is 3.10. The summed E-state index contributed by atoms with van der Waals surface area (Å²) in [5.74, 6) is 0.706. The van der Waals surface area contributed by atoms with Gasteiger partial charge in [0.05, 0.1) is 12.2 Å². The van der Waals surface area contributed by atoms with E-state index in [0.29, 0.717) is 5.92 Å². The smallest absolute Gasteiger partial charge is 0.0965 e. The van der Waals surface area contributed by atoms with E-state index in [4.69, 9.17) is 0 Å². The fourth-order valence-electron chi connectivity index (χ4n) is 2.02. The number of likely N-dealkylation sites (N-methyl/N-ethyl adjacent to an activating group) is 1. The normalized spacial score (nSPS) is 12.6. The first-order valence-corrected chi connectivity index (χ1v) is 7.66. The molecule has 116 valence electrons. The summed E-state index contributed by atoms with van der Waals surface area (Å²) in [5.41, 5.74) is 1.12. The molecule has 0 aromatic carbocycles. The van der Waals surface area contributed by atoms with Crippen LogP contribution < -0.4 is 5.32 Å². The molecular weight excluding hydrogens is 250 g/mol. The van der Waals surface area contributed by atoms with Gasteiger partial charge in [0, 0.05) is 31.4 Å². The Morgan fingerprint density at radius 1 is 1.35 bits per heavy atom. The van der Waals surface area contributed by atoms with Crippen LogP contribution in [0, 0.1) is 5.92 Å². The van der Waals surface area contributed by atoms with Gasteiger partial charge in [-0.2, -0.15) is 0 Å². The first-order chi connectivity index (χ1) is 9.30. The molecule has 0 spiro atoms. The zero-order chi connectivity index (χ0) is 15.2. The van der Waals surface area contributed by atoms with Crippen LogP contribution in [0.25, 0.3) is 0 Å². The Kier molecular flexibility index (Phi) is 6.62. The van der Waals surface area contributed by atoms with Crippen molar-refractivity contribution in [3.8, 4) is 0 Å². The van der Waals surface area contributed by atoms with Crippen LogP contribution in [0.15, 0.2) is 6.20 Å². The van der Waals surface area contributed by atoms with Crippen LogP contribution in [0.2, 0.25) is 0 Å². The van der Waals surface area contributed by atoms with E-state index in [1.54, 1.807) is 0 Å². The molecule has 0 aliphatic heterocycles. The second kappa shape index (κ2) is 7.74. The van der Waals surface area contributed by atoms with Crippen molar-refractivity contribution in [2.75, 3.05) is 19.6 Å². The second-order valence-corrected chi connectivity index (χ2v) is 6.86. The van der Waals surface area contributed by atoms with E-state index in [-0.39, 0.29) is 5.54 Å². The molecule has 0 aliphatic carbocycles. The molecule has 5 nitrogen and oxygen atoms in total. The molecule has 0 amide bonds. The Labute approximate surface area is 123 Å². The molecule has 5 heteroatoms. The third-order valence-corrected chi connectivity index (χ3v) is 3.10. The molecule has 1 N–H and O–H groups in total. The minimum absolute atomic E-state index is 0.111. The van der Waals surface area contributed by atoms with Crippen molar-refractivity contribution in [1.29, 1.82) is 0 Å². The van der Waals surface area contributed by atoms with Crippen LogP contribution in [-0.2, 0) is 13.1 Å². The van der Waals surface area contributed by atoms with E-state index in [2.05, 4.69) is 62.1 Å². The molecule has 0 aliphatic rings. The van der Waals surface area contributed by atoms with Crippen molar-refractivity contribution in [1.82, 2.24) is 25.2 Å². The third kappa shape index (κ3) is 7.01. The van der Waals surface area contributed by atoms with Gasteiger partial charge in [-0.1, -0.05) is 26.0 Å². The zero-order valence-corrected chi connectivity index (χ0v) is 14.0. The summed E-state index contributed by atoms with van der Waals surface area (Å²) in [6, 6.07) is 0. The number of nitrogens with zero attached hydrogens (tertiary/aromatic N) is 4. The van der Waals surface area contributed by atoms with Gasteiger partial charge < -0.3 is 10.2 Å². The predicted molar refractivity (Wildman–Crippen MR) is 83.6 cm³/mol. The SMILES string of the molecule is CCN(CCn1cc(CNC(C)(C)C)nn1)CC(C)C. The molecule has 1 aromatic heterocycles. The van der Waals surface area contributed by atoms with E-state index in [0.717, 1.165) is 38.4 Å². The zero-order valence-electron chi connectivity index (χ0n) is 14.0. The second-order valence-electron chi connectivity index (χ2n) is 6.86. The van der Waals surface area contributed by atoms with Gasteiger partial charge in [-0.05, 0) is 33.2 Å². The molecule has 0 fully saturated rings. The fraction of sp³-hybridized carbons (Fsp3) is 0.867. The molecule has 20 heavy (non-hydrogen) atoms. The van der Waals surface area contributed by atoms with Gasteiger partial charge in [-0.15, -0.1) is 5.10 Å². The number of nitrogens with one attached hydrogen (secondary N) is 1. The Hall–Kier alpha value is -0.940. The Morgan fingerprint density at radius 3 is 2.60 bits per heavy atom. The van der Waals surface area contributed by atoms with E-state index >= 15 is 0 Å². The largest absolute Gasteiger partial charge is 0.306 e. The Balaban J connectivity index is 2.39. The predicted octanol–water partition coefficient (Wildman–Crippen LogP) is 2.14. The maximum Gasteiger partial charge on any atom is 0.0965 e. The number of aromatic nitrogens is 3. The highest BCUT2D eigenvalue weighted by molar-refractivity contribution is 4.93. The van der Waals surface area contributed by atoms with Crippen LogP contribution >= 0.6 is 0 Å². The van der Waals surface area contributed by atoms with Crippen LogP contribution in [-0.4, -0.2) is 45.1 Å². The van der Waals surface area contributed by atoms with Crippen molar-refractivity contribution >= 4 is 0 Å². The summed E-state index contributed by atoms with van der Waals surface area (Å²) in [6.07, 6.45) is 2.04. The molecule has 1 aromatic rings. The van der Waals surface area contributed by atoms with Gasteiger partial charge in [-0.3, -0.25) is 4.68 Å². The van der Waals surface area contributed by atoms with Crippen molar-refractivity contribution in [3.63, 3.8) is 0 Å². The fourth-order valence-corrected chi connectivity index (χ4v) is 2.02. The summed E-state index contributed by atoms with van der Waals surface area (Å²) in [6.45, 7) is 18.1. The molecule has 1 heterocycles. The molecule has 0 saturated heterocycles. The molecule has 0 saturated carbocycles. The summed E-state index contributed by atoms with van der Waals surface area (Å²) >= 11 is 0. The van der Waals surface area contributed by atoms with Crippen LogP contribution in [0.4, 0.5) is 0 Å². The standard InChI is InChI=1S/C15H31N5/c1-7-19(11-13(2)3)8-9-20-12-14(17-18-20)10-16-15(4,5)6/h12-13,16H,7-11H2,1-6H3. The number of rotatable bonds is 8. The average Bonchev–Trinajstić information content (AvgIpc) is 2.78. The maximum absolute atomic E-state index is 4.22. The minimum atomic E-state index is 0.111. The lowest BCUT2D eigenvalue weighted by molar-refractivity contribution is 0.242. The quantitative estimate of drug-likeness (QED) is 0.793. The Bertz CT molecular complexity index is 378. The van der Waals surface area contributed by atoms with Gasteiger partial charge >= 0.3 is 0 Å². The van der Waals surface area contributed by atoms with Gasteiger partial charge in [0.2, 0.25) is 0 Å². The van der Waals surface area contributed by atoms with Crippen molar-refractivity contribution in [2.24, 2.45) is 5.92 Å². The average molecular weight is 281 g/mol. The van der Waals surface area contributed by atoms with Gasteiger partial charge in [-0.25, -0.2) is 0 Å². The highest BCUT2D eigenvalue weighted by Gasteiger charge is 2.10. The lowest BCUT2D eigenvalue weighted by Crippen LogP contribution is -2.35. The van der Waals surface area contributed by atoms with Crippen LogP contribution in [0.3, 0.4) is 0 Å². The topological polar surface area (TPSA) is 46.0 Å². The van der Waals surface area contributed by atoms with E-state index in [1.165, 1.54) is 0 Å². The monoisotopic (exact) mass is 281 g/mol. The molecular formula is C15H31N5. The lowest BCUT2D eigenvalue weighted by Gasteiger charge is -2.22. The van der Waals surface area contributed by atoms with Gasteiger partial charge in [0.25, 0.3) is 0 Å². The Morgan fingerprint density at radius 2 is 2.05 bits per heavy atom. The van der Waals surface area contributed by atoms with Crippen LogP contribution in [0.5, 0.6) is 0 Å². The van der Waals surface area contributed by atoms with Gasteiger partial charge in [0.15, 0.2) is 0 Å². The highest BCUT2D eigenvalue weighted by atomic mass is 15.4. The lowest BCUT2D eigenvalue weighted by atomic mass is 10.1. The van der Waals surface area contributed by atoms with Gasteiger partial charge in [0.1, 0.15) is 0 Å². The summed E-state index contributed by atoms with van der Waals surface area (Å²) in [4.78, 5) is 2.46. The van der Waals surface area contributed by atoms with E-state index < -0.39 is 0 Å². The summed E-state index contributed by atoms with van der Waals surface area (Å²) < 4.78 is 1.95.